The molecule has 0 amide bonds. The van der Waals surface area contributed by atoms with Crippen LogP contribution in [-0.2, 0) is 9.53 Å². The van der Waals surface area contributed by atoms with Crippen LogP contribution in [0.25, 0.3) is 0 Å². The molecular formula is C12H14O2. The quantitative estimate of drug-likeness (QED) is 0.583. The summed E-state index contributed by atoms with van der Waals surface area (Å²) in [5, 5.41) is 0. The van der Waals surface area contributed by atoms with E-state index in [0.717, 1.165) is 46.8 Å². The van der Waals surface area contributed by atoms with E-state index in [0.29, 0.717) is 6.10 Å². The van der Waals surface area contributed by atoms with Crippen LogP contribution < -0.4 is 0 Å². The van der Waals surface area contributed by atoms with Gasteiger partial charge in [-0.25, -0.2) is 0 Å². The van der Waals surface area contributed by atoms with Gasteiger partial charge in [0.25, 0.3) is 0 Å². The van der Waals surface area contributed by atoms with Crippen molar-refractivity contribution >= 4 is 5.97 Å². The maximum Gasteiger partial charge on any atom is 0.302 e. The van der Waals surface area contributed by atoms with Gasteiger partial charge in [-0.3, -0.25) is 4.79 Å². The second kappa shape index (κ2) is 1.46. The van der Waals surface area contributed by atoms with Crippen molar-refractivity contribution in [3.63, 3.8) is 0 Å². The summed E-state index contributed by atoms with van der Waals surface area (Å²) in [6.45, 7) is 4.03. The van der Waals surface area contributed by atoms with Crippen molar-refractivity contribution in [2.24, 2.45) is 46.8 Å². The predicted octanol–water partition coefficient (Wildman–Crippen LogP) is 1.31. The summed E-state index contributed by atoms with van der Waals surface area (Å²) in [6, 6.07) is 0. The fraction of sp³-hybridized carbons (Fsp3) is 0.917. The molecule has 0 saturated heterocycles. The van der Waals surface area contributed by atoms with Crippen LogP contribution in [0.3, 0.4) is 0 Å². The van der Waals surface area contributed by atoms with E-state index in [1.165, 1.54) is 0 Å². The molecule has 0 aromatic rings. The van der Waals surface area contributed by atoms with Crippen LogP contribution in [-0.4, -0.2) is 12.1 Å². The van der Waals surface area contributed by atoms with E-state index in [1.807, 2.05) is 0 Å². The first kappa shape index (κ1) is 6.86. The number of carbonyl (C=O) groups excluding carboxylic acids is 1. The number of ether oxygens (including phenoxy) is 1. The summed E-state index contributed by atoms with van der Waals surface area (Å²) in [6.07, 6.45) is 0.337. The fourth-order valence-electron chi connectivity index (χ4n) is 6.76. The Balaban J connectivity index is 1.57. The first-order valence-electron chi connectivity index (χ1n) is 5.84. The minimum absolute atomic E-state index is 0.0623. The monoisotopic (exact) mass is 190 g/mol. The highest BCUT2D eigenvalue weighted by molar-refractivity contribution is 5.66. The summed E-state index contributed by atoms with van der Waals surface area (Å²) in [7, 11) is 0. The van der Waals surface area contributed by atoms with Crippen molar-refractivity contribution in [1.29, 1.82) is 0 Å². The fourth-order valence-corrected chi connectivity index (χ4v) is 6.76. The zero-order chi connectivity index (χ0) is 9.40. The van der Waals surface area contributed by atoms with Crippen molar-refractivity contribution in [1.82, 2.24) is 0 Å². The molecule has 6 aliphatic carbocycles. The average Bonchev–Trinajstić information content (AvgIpc) is 2.30. The van der Waals surface area contributed by atoms with Crippen molar-refractivity contribution < 1.29 is 9.53 Å². The topological polar surface area (TPSA) is 26.3 Å². The third-order valence-electron chi connectivity index (χ3n) is 6.59. The van der Waals surface area contributed by atoms with Crippen molar-refractivity contribution in [2.45, 2.75) is 20.0 Å². The van der Waals surface area contributed by atoms with Crippen LogP contribution >= 0.6 is 0 Å². The molecule has 0 N–H and O–H groups in total. The van der Waals surface area contributed by atoms with E-state index in [4.69, 9.17) is 4.74 Å². The van der Waals surface area contributed by atoms with E-state index in [9.17, 15) is 4.79 Å². The van der Waals surface area contributed by atoms with E-state index in [1.54, 1.807) is 6.92 Å². The molecule has 0 aliphatic heterocycles. The molecule has 0 radical (unpaired) electrons. The van der Waals surface area contributed by atoms with Gasteiger partial charge in [0.1, 0.15) is 6.10 Å². The Labute approximate surface area is 83.0 Å². The Kier molecular flexibility index (Phi) is 0.718. The lowest BCUT2D eigenvalue weighted by Crippen LogP contribution is -2.87. The van der Waals surface area contributed by atoms with E-state index in [-0.39, 0.29) is 5.97 Å². The van der Waals surface area contributed by atoms with E-state index in [2.05, 4.69) is 6.92 Å². The van der Waals surface area contributed by atoms with Crippen molar-refractivity contribution in [3.8, 4) is 0 Å². The highest BCUT2D eigenvalue weighted by Gasteiger charge is 2.99. The number of hydrogen-bond acceptors (Lipinski definition) is 2. The largest absolute Gasteiger partial charge is 0.462 e. The van der Waals surface area contributed by atoms with Crippen LogP contribution in [0.5, 0.6) is 0 Å². The zero-order valence-corrected chi connectivity index (χ0v) is 8.44. The molecular weight excluding hydrogens is 176 g/mol. The smallest absolute Gasteiger partial charge is 0.302 e. The number of esters is 1. The third kappa shape index (κ3) is 0.333. The van der Waals surface area contributed by atoms with Gasteiger partial charge < -0.3 is 4.74 Å². The van der Waals surface area contributed by atoms with Gasteiger partial charge >= 0.3 is 5.97 Å². The molecule has 14 heavy (non-hydrogen) atoms. The Morgan fingerprint density at radius 2 is 1.64 bits per heavy atom. The van der Waals surface area contributed by atoms with Crippen LogP contribution in [0, 0.1) is 46.8 Å². The lowest BCUT2D eigenvalue weighted by Gasteiger charge is -2.90. The summed E-state index contributed by atoms with van der Waals surface area (Å²) < 4.78 is 5.52. The number of rotatable bonds is 1. The van der Waals surface area contributed by atoms with Gasteiger partial charge in [0.15, 0.2) is 0 Å². The molecule has 6 fully saturated rings. The molecule has 2 nitrogen and oxygen atoms in total. The van der Waals surface area contributed by atoms with Gasteiger partial charge in [0, 0.05) is 18.8 Å². The van der Waals surface area contributed by atoms with Crippen LogP contribution in [0.2, 0.25) is 0 Å². The summed E-state index contributed by atoms with van der Waals surface area (Å²) in [4.78, 5) is 11.0. The Hall–Kier alpha value is -0.530. The normalized spacial score (nSPS) is 77.9. The maximum absolute atomic E-state index is 11.0. The molecule has 0 aromatic carbocycles. The van der Waals surface area contributed by atoms with Crippen LogP contribution in [0.4, 0.5) is 0 Å². The second-order valence-electron chi connectivity index (χ2n) is 6.33. The molecule has 4 unspecified atom stereocenters. The van der Waals surface area contributed by atoms with Gasteiger partial charge in [-0.15, -0.1) is 0 Å². The lowest BCUT2D eigenvalue weighted by molar-refractivity contribution is -0.440. The van der Waals surface area contributed by atoms with Crippen molar-refractivity contribution in [3.05, 3.63) is 0 Å². The predicted molar refractivity (Wildman–Crippen MR) is 48.1 cm³/mol. The minimum atomic E-state index is -0.0623. The number of hydrogen-bond donors (Lipinski definition) is 0. The molecule has 0 aromatic heterocycles. The first-order chi connectivity index (χ1) is 6.67. The highest BCUT2D eigenvalue weighted by atomic mass is 16.5. The molecule has 0 spiro atoms. The minimum Gasteiger partial charge on any atom is -0.462 e. The van der Waals surface area contributed by atoms with Gasteiger partial charge in [0.05, 0.1) is 0 Å². The van der Waals surface area contributed by atoms with Gasteiger partial charge in [0.2, 0.25) is 0 Å². The van der Waals surface area contributed by atoms with E-state index >= 15 is 0 Å². The molecule has 74 valence electrons. The summed E-state index contributed by atoms with van der Waals surface area (Å²) >= 11 is 0. The molecule has 6 saturated carbocycles. The van der Waals surface area contributed by atoms with E-state index < -0.39 is 0 Å². The molecule has 6 rings (SSSR count). The average molecular weight is 190 g/mol. The Morgan fingerprint density at radius 3 is 2.14 bits per heavy atom. The molecule has 2 bridgehead atoms. The summed E-state index contributed by atoms with van der Waals surface area (Å²) in [5.41, 5.74) is 0.728. The van der Waals surface area contributed by atoms with Gasteiger partial charge in [-0.1, -0.05) is 6.92 Å². The second-order valence-corrected chi connectivity index (χ2v) is 6.33. The van der Waals surface area contributed by atoms with Crippen LogP contribution in [0.15, 0.2) is 0 Å². The lowest BCUT2D eigenvalue weighted by atomic mass is 9.14. The van der Waals surface area contributed by atoms with Gasteiger partial charge in [-0.2, -0.15) is 0 Å². The molecule has 9 atom stereocenters. The molecule has 6 aliphatic rings. The van der Waals surface area contributed by atoms with Gasteiger partial charge in [-0.05, 0) is 35.0 Å². The Bertz CT molecular complexity index is 368. The zero-order valence-electron chi connectivity index (χ0n) is 8.44. The Morgan fingerprint density at radius 1 is 1.07 bits per heavy atom. The van der Waals surface area contributed by atoms with Crippen molar-refractivity contribution in [2.75, 3.05) is 0 Å². The third-order valence-corrected chi connectivity index (χ3v) is 6.59. The highest BCUT2D eigenvalue weighted by Crippen LogP contribution is 2.99. The molecule has 2 heteroatoms. The maximum atomic E-state index is 11.0. The SMILES string of the molecule is CC(=O)O[C@H]1C2[C@@H]3C4[C@H]2[C@@H]2C1[C@@H]3C42C. The standard InChI is InChI=1S/C12H14O2/c1-3(13)14-11-4-5-8-6(4)10-7(11)9(5)12(8,10)2/h4-11H,1-2H3/t4?,5-,6+,7?,8?,9-,10-,11+,12?/m1/s1. The summed E-state index contributed by atoms with van der Waals surface area (Å²) in [5.74, 6) is 6.44. The molecule has 0 heterocycles. The first-order valence-corrected chi connectivity index (χ1v) is 5.84. The van der Waals surface area contributed by atoms with Crippen LogP contribution in [0.1, 0.15) is 13.8 Å². The number of carbonyl (C=O) groups is 1.